The third kappa shape index (κ3) is 4.16. The second-order valence-corrected chi connectivity index (χ2v) is 5.83. The fourth-order valence-electron chi connectivity index (χ4n) is 2.64. The Hall–Kier alpha value is -1.65. The molecule has 0 spiro atoms. The van der Waals surface area contributed by atoms with Crippen LogP contribution in [0.3, 0.4) is 0 Å². The van der Waals surface area contributed by atoms with Gasteiger partial charge in [0.2, 0.25) is 5.95 Å². The monoisotopic (exact) mass is 302 g/mol. The van der Waals surface area contributed by atoms with Crippen molar-refractivity contribution in [1.82, 2.24) is 14.9 Å². The highest BCUT2D eigenvalue weighted by Crippen LogP contribution is 2.17. The molecule has 0 radical (unpaired) electrons. The molecule has 2 aromatic rings. The Balaban J connectivity index is 1.47. The summed E-state index contributed by atoms with van der Waals surface area (Å²) < 4.78 is 0. The molecule has 0 amide bonds. The molecule has 0 atom stereocenters. The Morgan fingerprint density at radius 3 is 2.43 bits per heavy atom. The van der Waals surface area contributed by atoms with Gasteiger partial charge in [0, 0.05) is 43.1 Å². The van der Waals surface area contributed by atoms with Gasteiger partial charge in [0.15, 0.2) is 0 Å². The second kappa shape index (κ2) is 6.87. The van der Waals surface area contributed by atoms with Crippen LogP contribution in [0.5, 0.6) is 0 Å². The first-order valence-corrected chi connectivity index (χ1v) is 7.68. The van der Waals surface area contributed by atoms with Crippen LogP contribution in [0.15, 0.2) is 42.7 Å². The molecular formula is C16H19ClN4. The van der Waals surface area contributed by atoms with Crippen LogP contribution in [0.25, 0.3) is 0 Å². The number of aromatic nitrogens is 2. The SMILES string of the molecule is Clc1ccc(CN2CCC(Nc3ncccn3)CC2)cc1. The normalized spacial score (nSPS) is 16.8. The summed E-state index contributed by atoms with van der Waals surface area (Å²) in [5.41, 5.74) is 1.32. The van der Waals surface area contributed by atoms with Crippen LogP contribution in [0.1, 0.15) is 18.4 Å². The van der Waals surface area contributed by atoms with Crippen LogP contribution in [-0.4, -0.2) is 34.0 Å². The predicted octanol–water partition coefficient (Wildman–Crippen LogP) is 3.21. The van der Waals surface area contributed by atoms with E-state index in [4.69, 9.17) is 11.6 Å². The van der Waals surface area contributed by atoms with Crippen molar-refractivity contribution >= 4 is 17.5 Å². The number of hydrogen-bond acceptors (Lipinski definition) is 4. The van der Waals surface area contributed by atoms with Crippen LogP contribution in [0.2, 0.25) is 5.02 Å². The Morgan fingerprint density at radius 1 is 1.10 bits per heavy atom. The molecular weight excluding hydrogens is 284 g/mol. The molecule has 0 aliphatic carbocycles. The van der Waals surface area contributed by atoms with Gasteiger partial charge in [-0.3, -0.25) is 4.90 Å². The van der Waals surface area contributed by atoms with Crippen molar-refractivity contribution in [2.45, 2.75) is 25.4 Å². The zero-order valence-electron chi connectivity index (χ0n) is 11.9. The Kier molecular flexibility index (Phi) is 4.68. The van der Waals surface area contributed by atoms with Gasteiger partial charge in [0.1, 0.15) is 0 Å². The van der Waals surface area contributed by atoms with Crippen LogP contribution in [0.4, 0.5) is 5.95 Å². The average Bonchev–Trinajstić information content (AvgIpc) is 2.53. The van der Waals surface area contributed by atoms with Gasteiger partial charge < -0.3 is 5.32 Å². The summed E-state index contributed by atoms with van der Waals surface area (Å²) >= 11 is 5.92. The Morgan fingerprint density at radius 2 is 1.76 bits per heavy atom. The highest BCUT2D eigenvalue weighted by Gasteiger charge is 2.19. The van der Waals surface area contributed by atoms with E-state index in [2.05, 4.69) is 32.3 Å². The summed E-state index contributed by atoms with van der Waals surface area (Å²) in [4.78, 5) is 10.9. The van der Waals surface area contributed by atoms with E-state index < -0.39 is 0 Å². The van der Waals surface area contributed by atoms with Crippen LogP contribution in [0, 0.1) is 0 Å². The first-order valence-electron chi connectivity index (χ1n) is 7.30. The van der Waals surface area contributed by atoms with Gasteiger partial charge in [0.25, 0.3) is 0 Å². The molecule has 0 unspecified atom stereocenters. The molecule has 1 N–H and O–H groups in total. The standard InChI is InChI=1S/C16H19ClN4/c17-14-4-2-13(3-5-14)12-21-10-6-15(7-11-21)20-16-18-8-1-9-19-16/h1-5,8-9,15H,6-7,10-12H2,(H,18,19,20). The van der Waals surface area contributed by atoms with Gasteiger partial charge in [-0.05, 0) is 36.6 Å². The minimum Gasteiger partial charge on any atom is -0.351 e. The number of likely N-dealkylation sites (tertiary alicyclic amines) is 1. The van der Waals surface area contributed by atoms with E-state index in [1.165, 1.54) is 5.56 Å². The molecule has 110 valence electrons. The molecule has 0 saturated carbocycles. The molecule has 4 nitrogen and oxygen atoms in total. The van der Waals surface area contributed by atoms with E-state index in [9.17, 15) is 0 Å². The number of hydrogen-bond donors (Lipinski definition) is 1. The van der Waals surface area contributed by atoms with Crippen LogP contribution in [-0.2, 0) is 6.54 Å². The molecule has 0 bridgehead atoms. The van der Waals surface area contributed by atoms with Crippen molar-refractivity contribution in [3.05, 3.63) is 53.3 Å². The van der Waals surface area contributed by atoms with E-state index in [1.54, 1.807) is 12.4 Å². The quantitative estimate of drug-likeness (QED) is 0.941. The number of anilines is 1. The Bertz CT molecular complexity index is 550. The van der Waals surface area contributed by atoms with E-state index >= 15 is 0 Å². The maximum Gasteiger partial charge on any atom is 0.222 e. The van der Waals surface area contributed by atoms with Crippen LogP contribution >= 0.6 is 11.6 Å². The maximum atomic E-state index is 5.92. The minimum atomic E-state index is 0.467. The molecule has 21 heavy (non-hydrogen) atoms. The van der Waals surface area contributed by atoms with E-state index in [0.29, 0.717) is 6.04 Å². The lowest BCUT2D eigenvalue weighted by Gasteiger charge is -2.32. The summed E-state index contributed by atoms with van der Waals surface area (Å²) in [5, 5.41) is 4.20. The molecule has 1 fully saturated rings. The van der Waals surface area contributed by atoms with Gasteiger partial charge in [-0.15, -0.1) is 0 Å². The lowest BCUT2D eigenvalue weighted by molar-refractivity contribution is 0.211. The molecule has 5 heteroatoms. The van der Waals surface area contributed by atoms with Crippen molar-refractivity contribution in [2.24, 2.45) is 0 Å². The van der Waals surface area contributed by atoms with E-state index in [1.807, 2.05) is 18.2 Å². The first-order chi connectivity index (χ1) is 10.3. The van der Waals surface area contributed by atoms with Crippen molar-refractivity contribution in [3.63, 3.8) is 0 Å². The van der Waals surface area contributed by atoms with E-state index in [0.717, 1.165) is 43.4 Å². The number of benzene rings is 1. The summed E-state index contributed by atoms with van der Waals surface area (Å²) in [6.45, 7) is 3.17. The molecule has 1 aliphatic rings. The maximum absolute atomic E-state index is 5.92. The van der Waals surface area contributed by atoms with Gasteiger partial charge >= 0.3 is 0 Å². The molecule has 2 heterocycles. The fraction of sp³-hybridized carbons (Fsp3) is 0.375. The smallest absolute Gasteiger partial charge is 0.222 e. The summed E-state index contributed by atoms with van der Waals surface area (Å²) in [5.74, 6) is 0.730. The largest absolute Gasteiger partial charge is 0.351 e. The number of halogens is 1. The van der Waals surface area contributed by atoms with Gasteiger partial charge in [0.05, 0.1) is 0 Å². The highest BCUT2D eigenvalue weighted by atomic mass is 35.5. The number of nitrogens with zero attached hydrogens (tertiary/aromatic N) is 3. The Labute approximate surface area is 130 Å². The third-order valence-corrected chi connectivity index (χ3v) is 4.06. The summed E-state index contributed by atoms with van der Waals surface area (Å²) in [6, 6.07) is 10.4. The predicted molar refractivity (Wildman–Crippen MR) is 85.4 cm³/mol. The van der Waals surface area contributed by atoms with Crippen LogP contribution < -0.4 is 5.32 Å². The van der Waals surface area contributed by atoms with E-state index in [-0.39, 0.29) is 0 Å². The topological polar surface area (TPSA) is 41.0 Å². The number of nitrogens with one attached hydrogen (secondary N) is 1. The summed E-state index contributed by atoms with van der Waals surface area (Å²) in [7, 11) is 0. The molecule has 3 rings (SSSR count). The third-order valence-electron chi connectivity index (χ3n) is 3.81. The first kappa shape index (κ1) is 14.3. The molecule has 1 aromatic heterocycles. The van der Waals surface area contributed by atoms with Crippen molar-refractivity contribution < 1.29 is 0 Å². The zero-order valence-corrected chi connectivity index (χ0v) is 12.6. The zero-order chi connectivity index (χ0) is 14.5. The van der Waals surface area contributed by atoms with Gasteiger partial charge in [-0.25, -0.2) is 9.97 Å². The number of rotatable bonds is 4. The fourth-order valence-corrected chi connectivity index (χ4v) is 2.77. The molecule has 1 aliphatic heterocycles. The molecule has 1 saturated heterocycles. The van der Waals surface area contributed by atoms with Gasteiger partial charge in [-0.2, -0.15) is 0 Å². The lowest BCUT2D eigenvalue weighted by atomic mass is 10.0. The van der Waals surface area contributed by atoms with Crippen molar-refractivity contribution in [3.8, 4) is 0 Å². The highest BCUT2D eigenvalue weighted by molar-refractivity contribution is 6.30. The van der Waals surface area contributed by atoms with Gasteiger partial charge in [-0.1, -0.05) is 23.7 Å². The lowest BCUT2D eigenvalue weighted by Crippen LogP contribution is -2.38. The molecule has 1 aromatic carbocycles. The van der Waals surface area contributed by atoms with Crippen molar-refractivity contribution in [2.75, 3.05) is 18.4 Å². The second-order valence-electron chi connectivity index (χ2n) is 5.39. The average molecular weight is 303 g/mol. The summed E-state index contributed by atoms with van der Waals surface area (Å²) in [6.07, 6.45) is 5.77. The minimum absolute atomic E-state index is 0.467. The van der Waals surface area contributed by atoms with Crippen molar-refractivity contribution in [1.29, 1.82) is 0 Å². The number of piperidine rings is 1.